The first kappa shape index (κ1) is 19.8. The minimum Gasteiger partial charge on any atom is -0.508 e. The molecule has 0 saturated carbocycles. The molecular formula is C19H21O6P. The van der Waals surface area contributed by atoms with Crippen molar-refractivity contribution in [3.8, 4) is 11.5 Å². The zero-order valence-corrected chi connectivity index (χ0v) is 15.4. The van der Waals surface area contributed by atoms with Crippen LogP contribution < -0.4 is 4.74 Å². The molecule has 6 nitrogen and oxygen atoms in total. The Kier molecular flexibility index (Phi) is 5.93. The van der Waals surface area contributed by atoms with Crippen molar-refractivity contribution < 1.29 is 29.3 Å². The lowest BCUT2D eigenvalue weighted by molar-refractivity contribution is 0.375. The van der Waals surface area contributed by atoms with E-state index in [0.717, 1.165) is 16.7 Å². The van der Waals surface area contributed by atoms with E-state index in [2.05, 4.69) is 6.58 Å². The van der Waals surface area contributed by atoms with Gasteiger partial charge < -0.3 is 24.7 Å². The molecule has 0 aromatic heterocycles. The molecule has 0 aliphatic carbocycles. The van der Waals surface area contributed by atoms with Gasteiger partial charge in [-0.05, 0) is 18.6 Å². The fourth-order valence-corrected chi connectivity index (χ4v) is 2.40. The first-order valence-electron chi connectivity index (χ1n) is 7.88. The van der Waals surface area contributed by atoms with Crippen LogP contribution in [-0.4, -0.2) is 26.2 Å². The highest BCUT2D eigenvalue weighted by molar-refractivity contribution is 7.51. The highest BCUT2D eigenvalue weighted by atomic mass is 31.2. The van der Waals surface area contributed by atoms with Crippen molar-refractivity contribution in [1.29, 1.82) is 0 Å². The third-order valence-electron chi connectivity index (χ3n) is 3.75. The van der Waals surface area contributed by atoms with Crippen molar-refractivity contribution in [3.05, 3.63) is 71.5 Å². The predicted octanol–water partition coefficient (Wildman–Crippen LogP) is 4.22. The van der Waals surface area contributed by atoms with Gasteiger partial charge in [0, 0.05) is 28.9 Å². The maximum absolute atomic E-state index is 10.3. The monoisotopic (exact) mass is 376 g/mol. The molecule has 2 aromatic carbocycles. The van der Waals surface area contributed by atoms with E-state index in [1.165, 1.54) is 13.0 Å². The number of aliphatic hydroxyl groups excluding tert-OH is 1. The average Bonchev–Trinajstić information content (AvgIpc) is 2.58. The Morgan fingerprint density at radius 3 is 2.23 bits per heavy atom. The summed E-state index contributed by atoms with van der Waals surface area (Å²) >= 11 is 0. The molecule has 4 N–H and O–H groups in total. The van der Waals surface area contributed by atoms with E-state index in [4.69, 9.17) is 14.5 Å². The molecule has 7 heteroatoms. The van der Waals surface area contributed by atoms with Crippen molar-refractivity contribution in [2.45, 2.75) is 13.8 Å². The van der Waals surface area contributed by atoms with Crippen LogP contribution in [0.4, 0.5) is 0 Å². The lowest BCUT2D eigenvalue weighted by atomic mass is 9.95. The molecule has 0 spiro atoms. The van der Waals surface area contributed by atoms with E-state index >= 15 is 0 Å². The first-order chi connectivity index (χ1) is 12.1. The number of ether oxygens (including phenoxy) is 1. The molecule has 1 aliphatic heterocycles. The number of hydrogen-bond acceptors (Lipinski definition) is 4. The number of fused-ring (bicyclic) bond motifs is 1. The lowest BCUT2D eigenvalue weighted by Gasteiger charge is -2.24. The number of allylic oxidation sites excluding steroid dienone is 1. The summed E-state index contributed by atoms with van der Waals surface area (Å²) in [5.41, 5.74) is 2.80. The van der Waals surface area contributed by atoms with Crippen molar-refractivity contribution in [2.75, 3.05) is 6.16 Å². The Hall–Kier alpha value is -2.53. The van der Waals surface area contributed by atoms with Gasteiger partial charge >= 0.3 is 7.60 Å². The molecule has 0 atom stereocenters. The maximum Gasteiger partial charge on any atom is 0.325 e. The summed E-state index contributed by atoms with van der Waals surface area (Å²) < 4.78 is 15.5. The Morgan fingerprint density at radius 2 is 1.69 bits per heavy atom. The molecule has 26 heavy (non-hydrogen) atoms. The van der Waals surface area contributed by atoms with Crippen LogP contribution in [0.1, 0.15) is 23.6 Å². The topological polar surface area (TPSA) is 107 Å². The van der Waals surface area contributed by atoms with Crippen LogP contribution in [0.3, 0.4) is 0 Å². The van der Waals surface area contributed by atoms with Crippen LogP contribution in [0.2, 0.25) is 0 Å². The summed E-state index contributed by atoms with van der Waals surface area (Å²) in [5, 5.41) is 20.0. The maximum atomic E-state index is 10.3. The van der Waals surface area contributed by atoms with Crippen molar-refractivity contribution in [3.63, 3.8) is 0 Å². The SMILES string of the molecule is C=C1C(O)=C(c2ccccc2)Oc2cc(O)cc(C)c21.CCP(=O)(O)O. The summed E-state index contributed by atoms with van der Waals surface area (Å²) in [7, 11) is -3.65. The van der Waals surface area contributed by atoms with Gasteiger partial charge in [0.25, 0.3) is 0 Å². The van der Waals surface area contributed by atoms with Crippen molar-refractivity contribution in [1.82, 2.24) is 0 Å². The molecule has 3 rings (SSSR count). The molecule has 0 fully saturated rings. The van der Waals surface area contributed by atoms with Crippen LogP contribution >= 0.6 is 7.60 Å². The largest absolute Gasteiger partial charge is 0.508 e. The van der Waals surface area contributed by atoms with Crippen LogP contribution in [0.15, 0.2) is 54.8 Å². The standard InChI is InChI=1S/C17H14O3.C2H7O3P/c1-10-8-13(18)9-14-15(10)11(2)16(19)17(20-14)12-6-4-3-5-7-12;1-2-6(3,4)5/h3-9,18-19H,2H2,1H3;2H2,1H3,(H2,3,4,5). The van der Waals surface area contributed by atoms with Gasteiger partial charge in [-0.2, -0.15) is 0 Å². The van der Waals surface area contributed by atoms with Crippen LogP contribution in [0.25, 0.3) is 11.3 Å². The zero-order chi connectivity index (χ0) is 19.5. The molecule has 1 aliphatic rings. The number of phenolic OH excluding ortho intramolecular Hbond substituents is 1. The molecule has 2 aromatic rings. The minimum absolute atomic E-state index is 0.0255. The van der Waals surface area contributed by atoms with E-state index in [-0.39, 0.29) is 17.7 Å². The molecule has 0 radical (unpaired) electrons. The van der Waals surface area contributed by atoms with Crippen LogP contribution in [0, 0.1) is 6.92 Å². The number of aromatic hydroxyl groups is 1. The Balaban J connectivity index is 0.000000352. The van der Waals surface area contributed by atoms with Gasteiger partial charge in [-0.1, -0.05) is 43.8 Å². The van der Waals surface area contributed by atoms with E-state index in [1.54, 1.807) is 6.07 Å². The number of aliphatic hydroxyl groups is 1. The van der Waals surface area contributed by atoms with E-state index in [1.807, 2.05) is 37.3 Å². The second-order valence-electron chi connectivity index (χ2n) is 5.74. The van der Waals surface area contributed by atoms with E-state index < -0.39 is 7.60 Å². The molecule has 0 unspecified atom stereocenters. The van der Waals surface area contributed by atoms with Crippen LogP contribution in [-0.2, 0) is 4.57 Å². The summed E-state index contributed by atoms with van der Waals surface area (Å²) in [4.78, 5) is 15.9. The smallest absolute Gasteiger partial charge is 0.325 e. The molecular weight excluding hydrogens is 355 g/mol. The second-order valence-corrected chi connectivity index (χ2v) is 7.70. The summed E-state index contributed by atoms with van der Waals surface area (Å²) in [6.45, 7) is 7.22. The Bertz CT molecular complexity index is 896. The van der Waals surface area contributed by atoms with Gasteiger partial charge in [-0.3, -0.25) is 4.57 Å². The number of hydrogen-bond donors (Lipinski definition) is 4. The van der Waals surface area contributed by atoms with E-state index in [0.29, 0.717) is 17.1 Å². The number of benzene rings is 2. The zero-order valence-electron chi connectivity index (χ0n) is 14.5. The van der Waals surface area contributed by atoms with Gasteiger partial charge in [0.15, 0.2) is 11.5 Å². The molecule has 0 amide bonds. The number of rotatable bonds is 2. The highest BCUT2D eigenvalue weighted by Gasteiger charge is 2.26. The quantitative estimate of drug-likeness (QED) is 0.585. The third-order valence-corrected chi connectivity index (χ3v) is 4.57. The summed E-state index contributed by atoms with van der Waals surface area (Å²) in [6.07, 6.45) is -0.0625. The number of aryl methyl sites for hydroxylation is 1. The number of phenols is 1. The Morgan fingerprint density at radius 1 is 1.12 bits per heavy atom. The summed E-state index contributed by atoms with van der Waals surface area (Å²) in [6, 6.07) is 12.5. The molecule has 0 bridgehead atoms. The van der Waals surface area contributed by atoms with Crippen molar-refractivity contribution in [2.24, 2.45) is 0 Å². The predicted molar refractivity (Wildman–Crippen MR) is 101 cm³/mol. The van der Waals surface area contributed by atoms with Gasteiger partial charge in [0.1, 0.15) is 11.5 Å². The lowest BCUT2D eigenvalue weighted by Crippen LogP contribution is -2.09. The molecule has 138 valence electrons. The van der Waals surface area contributed by atoms with Gasteiger partial charge in [-0.15, -0.1) is 0 Å². The fraction of sp³-hybridized carbons (Fsp3) is 0.158. The molecule has 0 saturated heterocycles. The average molecular weight is 376 g/mol. The van der Waals surface area contributed by atoms with Crippen LogP contribution in [0.5, 0.6) is 11.5 Å². The van der Waals surface area contributed by atoms with Gasteiger partial charge in [-0.25, -0.2) is 0 Å². The molecule has 1 heterocycles. The Labute approximate surface area is 151 Å². The summed E-state index contributed by atoms with van der Waals surface area (Å²) in [5.74, 6) is 1.01. The van der Waals surface area contributed by atoms with E-state index in [9.17, 15) is 14.8 Å². The highest BCUT2D eigenvalue weighted by Crippen LogP contribution is 2.43. The fourth-order valence-electron chi connectivity index (χ4n) is 2.40. The third kappa shape index (κ3) is 4.55. The normalized spacial score (nSPS) is 13.5. The van der Waals surface area contributed by atoms with Gasteiger partial charge in [0.05, 0.1) is 0 Å². The second kappa shape index (κ2) is 7.79. The first-order valence-corrected chi connectivity index (χ1v) is 9.68. The van der Waals surface area contributed by atoms with Gasteiger partial charge in [0.2, 0.25) is 0 Å². The van der Waals surface area contributed by atoms with Crippen molar-refractivity contribution >= 4 is 18.9 Å². The minimum atomic E-state index is -3.65.